The molecule has 1 aliphatic carbocycles. The molecule has 7 nitrogen and oxygen atoms in total. The molecule has 8 heteroatoms. The van der Waals surface area contributed by atoms with Gasteiger partial charge in [0.05, 0.1) is 24.0 Å². The number of nitrogens with one attached hydrogen (secondary N) is 2. The van der Waals surface area contributed by atoms with Gasteiger partial charge in [-0.2, -0.15) is 10.2 Å². The van der Waals surface area contributed by atoms with Gasteiger partial charge >= 0.3 is 0 Å². The summed E-state index contributed by atoms with van der Waals surface area (Å²) >= 11 is 0. The maximum absolute atomic E-state index is 4.75. The molecule has 0 radical (unpaired) electrons. The highest BCUT2D eigenvalue weighted by atomic mass is 127. The van der Waals surface area contributed by atoms with Gasteiger partial charge in [-0.1, -0.05) is 12.8 Å². The average Bonchev–Trinajstić information content (AvgIpc) is 3.38. The van der Waals surface area contributed by atoms with Gasteiger partial charge in [0, 0.05) is 31.5 Å². The van der Waals surface area contributed by atoms with Gasteiger partial charge in [0.25, 0.3) is 0 Å². The Kier molecular flexibility index (Phi) is 8.98. The first-order valence-electron chi connectivity index (χ1n) is 10.6. The van der Waals surface area contributed by atoms with E-state index in [-0.39, 0.29) is 30.0 Å². The van der Waals surface area contributed by atoms with Crippen LogP contribution in [-0.2, 0) is 20.0 Å². The quantitative estimate of drug-likeness (QED) is 0.337. The van der Waals surface area contributed by atoms with E-state index in [4.69, 9.17) is 10.1 Å². The Hall–Kier alpha value is -1.58. The molecule has 0 saturated heterocycles. The van der Waals surface area contributed by atoms with Gasteiger partial charge in [0.2, 0.25) is 0 Å². The first kappa shape index (κ1) is 23.7. The SMILES string of the molecule is CCNC(=NCc1ccn(C2CCCC2)n1)NC(C)Cc1c(C)nn(C)c1C.I. The predicted molar refractivity (Wildman–Crippen MR) is 129 cm³/mol. The minimum atomic E-state index is 0. The maximum atomic E-state index is 4.75. The molecular formula is C21H36IN7. The Morgan fingerprint density at radius 1 is 1.28 bits per heavy atom. The largest absolute Gasteiger partial charge is 0.357 e. The third kappa shape index (κ3) is 6.20. The first-order valence-corrected chi connectivity index (χ1v) is 10.6. The first-order chi connectivity index (χ1) is 13.5. The lowest BCUT2D eigenvalue weighted by Gasteiger charge is -2.18. The summed E-state index contributed by atoms with van der Waals surface area (Å²) in [6.07, 6.45) is 8.17. The van der Waals surface area contributed by atoms with Crippen molar-refractivity contribution in [1.82, 2.24) is 30.2 Å². The lowest BCUT2D eigenvalue weighted by atomic mass is 10.1. The highest BCUT2D eigenvalue weighted by Crippen LogP contribution is 2.28. The summed E-state index contributed by atoms with van der Waals surface area (Å²) in [6, 6.07) is 2.93. The normalized spacial score (nSPS) is 16.0. The molecule has 0 bridgehead atoms. The van der Waals surface area contributed by atoms with E-state index in [9.17, 15) is 0 Å². The van der Waals surface area contributed by atoms with E-state index in [1.165, 1.54) is 36.9 Å². The molecule has 1 atom stereocenters. The summed E-state index contributed by atoms with van der Waals surface area (Å²) in [5, 5.41) is 16.1. The van der Waals surface area contributed by atoms with Crippen molar-refractivity contribution in [1.29, 1.82) is 0 Å². The molecule has 2 aromatic heterocycles. The van der Waals surface area contributed by atoms with Crippen LogP contribution in [0.3, 0.4) is 0 Å². The number of guanidine groups is 1. The smallest absolute Gasteiger partial charge is 0.191 e. The molecule has 0 amide bonds. The molecule has 2 aromatic rings. The van der Waals surface area contributed by atoms with Crippen molar-refractivity contribution in [2.45, 2.75) is 78.4 Å². The highest BCUT2D eigenvalue weighted by molar-refractivity contribution is 14.0. The van der Waals surface area contributed by atoms with E-state index in [0.717, 1.165) is 30.3 Å². The lowest BCUT2D eigenvalue weighted by molar-refractivity contribution is 0.463. The zero-order chi connectivity index (χ0) is 20.1. The molecule has 2 N–H and O–H groups in total. The number of aliphatic imine (C=N–C) groups is 1. The van der Waals surface area contributed by atoms with Gasteiger partial charge in [0.1, 0.15) is 0 Å². The molecule has 29 heavy (non-hydrogen) atoms. The van der Waals surface area contributed by atoms with Crippen molar-refractivity contribution in [2.24, 2.45) is 12.0 Å². The second-order valence-corrected chi connectivity index (χ2v) is 7.94. The molecule has 1 aliphatic rings. The standard InChI is InChI=1S/C21H35N7.HI/c1-6-22-21(24-15(2)13-20-16(3)25-27(5)17(20)4)23-14-18-11-12-28(26-18)19-9-7-8-10-19;/h11-12,15,19H,6-10,13-14H2,1-5H3,(H2,22,23,24);1H. The van der Waals surface area contributed by atoms with Gasteiger partial charge in [0.15, 0.2) is 5.96 Å². The van der Waals surface area contributed by atoms with E-state index in [2.05, 4.69) is 60.4 Å². The topological polar surface area (TPSA) is 72.1 Å². The van der Waals surface area contributed by atoms with E-state index in [0.29, 0.717) is 12.6 Å². The van der Waals surface area contributed by atoms with Crippen LogP contribution in [-0.4, -0.2) is 38.1 Å². The predicted octanol–water partition coefficient (Wildman–Crippen LogP) is 3.65. The van der Waals surface area contributed by atoms with Gasteiger partial charge in [-0.05, 0) is 58.6 Å². The fourth-order valence-corrected chi connectivity index (χ4v) is 4.02. The number of halogens is 1. The summed E-state index contributed by atoms with van der Waals surface area (Å²) in [5.74, 6) is 0.838. The monoisotopic (exact) mass is 513 g/mol. The van der Waals surface area contributed by atoms with Crippen LogP contribution >= 0.6 is 24.0 Å². The maximum Gasteiger partial charge on any atom is 0.191 e. The molecule has 1 saturated carbocycles. The van der Waals surface area contributed by atoms with Crippen LogP contribution in [0.2, 0.25) is 0 Å². The van der Waals surface area contributed by atoms with Crippen LogP contribution in [0.4, 0.5) is 0 Å². The Bertz CT molecular complexity index is 802. The molecule has 1 unspecified atom stereocenters. The van der Waals surface area contributed by atoms with E-state index < -0.39 is 0 Å². The zero-order valence-corrected chi connectivity index (χ0v) is 20.7. The average molecular weight is 513 g/mol. The molecule has 0 aliphatic heterocycles. The second-order valence-electron chi connectivity index (χ2n) is 7.94. The van der Waals surface area contributed by atoms with Crippen LogP contribution in [0.5, 0.6) is 0 Å². The van der Waals surface area contributed by atoms with Crippen molar-refractivity contribution in [2.75, 3.05) is 6.54 Å². The number of aryl methyl sites for hydroxylation is 2. The fraction of sp³-hybridized carbons (Fsp3) is 0.667. The highest BCUT2D eigenvalue weighted by Gasteiger charge is 2.17. The minimum Gasteiger partial charge on any atom is -0.357 e. The fourth-order valence-electron chi connectivity index (χ4n) is 4.02. The van der Waals surface area contributed by atoms with Crippen molar-refractivity contribution < 1.29 is 0 Å². The van der Waals surface area contributed by atoms with Gasteiger partial charge in [-0.15, -0.1) is 24.0 Å². The van der Waals surface area contributed by atoms with Crippen molar-refractivity contribution >= 4 is 29.9 Å². The van der Waals surface area contributed by atoms with Gasteiger partial charge < -0.3 is 10.6 Å². The number of rotatable bonds is 7. The van der Waals surface area contributed by atoms with Crippen molar-refractivity contribution in [3.05, 3.63) is 34.9 Å². The third-order valence-corrected chi connectivity index (χ3v) is 5.66. The molecule has 0 spiro atoms. The van der Waals surface area contributed by atoms with Gasteiger partial charge in [-0.3, -0.25) is 9.36 Å². The van der Waals surface area contributed by atoms with E-state index in [1.54, 1.807) is 0 Å². The van der Waals surface area contributed by atoms with Crippen molar-refractivity contribution in [3.8, 4) is 0 Å². The zero-order valence-electron chi connectivity index (χ0n) is 18.4. The molecule has 3 rings (SSSR count). The Morgan fingerprint density at radius 2 is 2.00 bits per heavy atom. The molecule has 2 heterocycles. The van der Waals surface area contributed by atoms with Crippen molar-refractivity contribution in [3.63, 3.8) is 0 Å². The molecule has 162 valence electrons. The van der Waals surface area contributed by atoms with Crippen LogP contribution in [0.15, 0.2) is 17.3 Å². The van der Waals surface area contributed by atoms with E-state index in [1.807, 2.05) is 11.7 Å². The van der Waals surface area contributed by atoms with Crippen LogP contribution in [0, 0.1) is 13.8 Å². The number of nitrogens with zero attached hydrogens (tertiary/aromatic N) is 5. The summed E-state index contributed by atoms with van der Waals surface area (Å²) in [6.45, 7) is 9.91. The van der Waals surface area contributed by atoms with Crippen LogP contribution < -0.4 is 10.6 Å². The Balaban J connectivity index is 0.00000300. The third-order valence-electron chi connectivity index (χ3n) is 5.66. The number of hydrogen-bond acceptors (Lipinski definition) is 3. The number of hydrogen-bond donors (Lipinski definition) is 2. The Morgan fingerprint density at radius 3 is 2.62 bits per heavy atom. The summed E-state index contributed by atoms with van der Waals surface area (Å²) in [4.78, 5) is 4.75. The summed E-state index contributed by atoms with van der Waals surface area (Å²) in [5.41, 5.74) is 4.67. The summed E-state index contributed by atoms with van der Waals surface area (Å²) < 4.78 is 4.09. The van der Waals surface area contributed by atoms with Crippen LogP contribution in [0.1, 0.15) is 68.2 Å². The summed E-state index contributed by atoms with van der Waals surface area (Å²) in [7, 11) is 2.00. The number of aromatic nitrogens is 4. The molecule has 1 fully saturated rings. The second kappa shape index (κ2) is 11.0. The molecular weight excluding hydrogens is 477 g/mol. The minimum absolute atomic E-state index is 0. The molecule has 0 aromatic carbocycles. The van der Waals surface area contributed by atoms with Gasteiger partial charge in [-0.25, -0.2) is 4.99 Å². The Labute approximate surface area is 191 Å². The lowest BCUT2D eigenvalue weighted by Crippen LogP contribution is -2.43. The van der Waals surface area contributed by atoms with Crippen LogP contribution in [0.25, 0.3) is 0 Å². The van der Waals surface area contributed by atoms with E-state index >= 15 is 0 Å².